The van der Waals surface area contributed by atoms with Crippen LogP contribution >= 0.6 is 0 Å². The number of aliphatic hydroxyl groups is 1. The third kappa shape index (κ3) is 1.06. The van der Waals surface area contributed by atoms with Crippen LogP contribution in [-0.4, -0.2) is 33.9 Å². The summed E-state index contributed by atoms with van der Waals surface area (Å²) in [5, 5.41) is 13.0. The Kier molecular flexibility index (Phi) is 1.75. The molecule has 1 aromatic heterocycles. The number of imidazole rings is 1. The van der Waals surface area contributed by atoms with Gasteiger partial charge >= 0.3 is 0 Å². The molecule has 1 aromatic rings. The van der Waals surface area contributed by atoms with Crippen LogP contribution in [0.25, 0.3) is 0 Å². The molecule has 0 radical (unpaired) electrons. The smallest absolute Gasteiger partial charge is 0.214 e. The van der Waals surface area contributed by atoms with Crippen molar-refractivity contribution in [1.82, 2.24) is 14.9 Å². The summed E-state index contributed by atoms with van der Waals surface area (Å²) in [6.07, 6.45) is 2.21. The van der Waals surface area contributed by atoms with E-state index in [1.807, 2.05) is 4.57 Å². The van der Waals surface area contributed by atoms with Gasteiger partial charge in [-0.3, -0.25) is 4.57 Å². The molecule has 0 saturated carbocycles. The molecule has 14 heavy (non-hydrogen) atoms. The molecule has 1 fully saturated rings. The highest BCUT2D eigenvalue weighted by atomic mass is 16.5. The fourth-order valence-corrected chi connectivity index (χ4v) is 2.16. The van der Waals surface area contributed by atoms with E-state index in [2.05, 4.69) is 10.3 Å². The number of aromatic nitrogens is 2. The topological polar surface area (TPSA) is 59.3 Å². The molecule has 2 aliphatic heterocycles. The summed E-state index contributed by atoms with van der Waals surface area (Å²) in [4.78, 5) is 4.29. The number of nitrogens with one attached hydrogen (secondary N) is 1. The Bertz CT molecular complexity index is 350. The van der Waals surface area contributed by atoms with E-state index < -0.39 is 0 Å². The van der Waals surface area contributed by atoms with E-state index in [1.54, 1.807) is 6.20 Å². The lowest BCUT2D eigenvalue weighted by Gasteiger charge is -2.14. The summed E-state index contributed by atoms with van der Waals surface area (Å²) in [5.41, 5.74) is 0. The van der Waals surface area contributed by atoms with E-state index >= 15 is 0 Å². The lowest BCUT2D eigenvalue weighted by molar-refractivity contribution is 0.155. The van der Waals surface area contributed by atoms with Crippen LogP contribution in [0.5, 0.6) is 5.88 Å². The van der Waals surface area contributed by atoms with Crippen LogP contribution in [0.15, 0.2) is 6.20 Å². The highest BCUT2D eigenvalue weighted by Crippen LogP contribution is 2.28. The molecule has 2 unspecified atom stereocenters. The lowest BCUT2D eigenvalue weighted by Crippen LogP contribution is -2.24. The zero-order valence-electron chi connectivity index (χ0n) is 7.81. The minimum Gasteiger partial charge on any atom is -0.476 e. The average molecular weight is 195 g/mol. The van der Waals surface area contributed by atoms with Crippen LogP contribution < -0.4 is 10.1 Å². The maximum atomic E-state index is 9.74. The van der Waals surface area contributed by atoms with Crippen LogP contribution in [-0.2, 0) is 6.54 Å². The van der Waals surface area contributed by atoms with Crippen molar-refractivity contribution in [2.24, 2.45) is 0 Å². The van der Waals surface area contributed by atoms with Gasteiger partial charge in [0.1, 0.15) is 12.4 Å². The molecule has 0 spiro atoms. The molecule has 0 aromatic carbocycles. The molecular weight excluding hydrogens is 182 g/mol. The van der Waals surface area contributed by atoms with Crippen LogP contribution in [0.1, 0.15) is 18.3 Å². The van der Waals surface area contributed by atoms with Gasteiger partial charge in [0.2, 0.25) is 5.88 Å². The number of hydrogen-bond acceptors (Lipinski definition) is 4. The molecule has 5 heteroatoms. The molecule has 0 aliphatic carbocycles. The molecule has 3 rings (SSSR count). The van der Waals surface area contributed by atoms with Crippen molar-refractivity contribution < 1.29 is 9.84 Å². The fourth-order valence-electron chi connectivity index (χ4n) is 2.16. The number of hydrogen-bond donors (Lipinski definition) is 2. The Morgan fingerprint density at radius 3 is 3.36 bits per heavy atom. The van der Waals surface area contributed by atoms with Crippen molar-refractivity contribution in [3.05, 3.63) is 12.0 Å². The maximum Gasteiger partial charge on any atom is 0.214 e. The first-order chi connectivity index (χ1) is 6.86. The molecule has 0 amide bonds. The normalized spacial score (nSPS) is 30.4. The molecule has 2 aliphatic rings. The Morgan fingerprint density at radius 1 is 1.64 bits per heavy atom. The van der Waals surface area contributed by atoms with Gasteiger partial charge in [0, 0.05) is 0 Å². The van der Waals surface area contributed by atoms with E-state index in [0.717, 1.165) is 31.2 Å². The summed E-state index contributed by atoms with van der Waals surface area (Å²) in [7, 11) is 0. The number of ether oxygens (including phenoxy) is 1. The first-order valence-electron chi connectivity index (χ1n) is 4.96. The van der Waals surface area contributed by atoms with Gasteiger partial charge in [-0.05, 0) is 13.0 Å². The van der Waals surface area contributed by atoms with E-state index in [4.69, 9.17) is 4.74 Å². The van der Waals surface area contributed by atoms with Gasteiger partial charge in [-0.15, -0.1) is 0 Å². The molecule has 5 nitrogen and oxygen atoms in total. The van der Waals surface area contributed by atoms with Crippen molar-refractivity contribution >= 4 is 0 Å². The quantitative estimate of drug-likeness (QED) is 0.644. The van der Waals surface area contributed by atoms with Crippen molar-refractivity contribution in [3.8, 4) is 5.88 Å². The molecule has 76 valence electrons. The van der Waals surface area contributed by atoms with Crippen molar-refractivity contribution in [2.75, 3.05) is 13.2 Å². The third-order valence-electron chi connectivity index (χ3n) is 2.88. The van der Waals surface area contributed by atoms with Gasteiger partial charge in [0.15, 0.2) is 0 Å². The van der Waals surface area contributed by atoms with Crippen molar-refractivity contribution in [3.63, 3.8) is 0 Å². The Labute approximate surface area is 81.7 Å². The molecule has 2 atom stereocenters. The predicted molar refractivity (Wildman–Crippen MR) is 49.1 cm³/mol. The van der Waals surface area contributed by atoms with Crippen LogP contribution in [0.3, 0.4) is 0 Å². The van der Waals surface area contributed by atoms with Crippen molar-refractivity contribution in [2.45, 2.75) is 25.1 Å². The number of nitrogens with zero attached hydrogens (tertiary/aromatic N) is 2. The first kappa shape index (κ1) is 8.26. The van der Waals surface area contributed by atoms with Gasteiger partial charge in [-0.25, -0.2) is 4.98 Å². The highest BCUT2D eigenvalue weighted by molar-refractivity contribution is 5.18. The van der Waals surface area contributed by atoms with E-state index in [-0.39, 0.29) is 12.1 Å². The fraction of sp³-hybridized carbons (Fsp3) is 0.667. The zero-order chi connectivity index (χ0) is 9.54. The summed E-state index contributed by atoms with van der Waals surface area (Å²) in [6.45, 7) is 2.41. The van der Waals surface area contributed by atoms with Crippen LogP contribution in [0.4, 0.5) is 0 Å². The van der Waals surface area contributed by atoms with E-state index in [1.165, 1.54) is 0 Å². The second-order valence-electron chi connectivity index (χ2n) is 3.74. The first-order valence-corrected chi connectivity index (χ1v) is 4.96. The number of aliphatic hydroxyl groups excluding tert-OH is 1. The molecule has 1 saturated heterocycles. The van der Waals surface area contributed by atoms with Gasteiger partial charge in [0.05, 0.1) is 24.9 Å². The second kappa shape index (κ2) is 2.96. The lowest BCUT2D eigenvalue weighted by atomic mass is 10.1. The maximum absolute atomic E-state index is 9.74. The third-order valence-corrected chi connectivity index (χ3v) is 2.88. The van der Waals surface area contributed by atoms with Gasteiger partial charge in [-0.2, -0.15) is 0 Å². The molecule has 3 heterocycles. The largest absolute Gasteiger partial charge is 0.476 e. The van der Waals surface area contributed by atoms with E-state index in [0.29, 0.717) is 6.61 Å². The molecular formula is C9H13N3O2. The highest BCUT2D eigenvalue weighted by Gasteiger charge is 2.31. The molecule has 2 N–H and O–H groups in total. The average Bonchev–Trinajstić information content (AvgIpc) is 2.78. The minimum absolute atomic E-state index is 0.0227. The molecule has 0 bridgehead atoms. The monoisotopic (exact) mass is 195 g/mol. The number of rotatable bonds is 1. The van der Waals surface area contributed by atoms with Crippen molar-refractivity contribution in [1.29, 1.82) is 0 Å². The van der Waals surface area contributed by atoms with Crippen LogP contribution in [0.2, 0.25) is 0 Å². The minimum atomic E-state index is -0.318. The zero-order valence-corrected chi connectivity index (χ0v) is 7.81. The summed E-state index contributed by atoms with van der Waals surface area (Å²) in [6, 6.07) is -0.0227. The van der Waals surface area contributed by atoms with Gasteiger partial charge < -0.3 is 15.2 Å². The Balaban J connectivity index is 1.96. The van der Waals surface area contributed by atoms with Gasteiger partial charge in [-0.1, -0.05) is 0 Å². The van der Waals surface area contributed by atoms with Crippen LogP contribution in [0, 0.1) is 0 Å². The second-order valence-corrected chi connectivity index (χ2v) is 3.74. The summed E-state index contributed by atoms with van der Waals surface area (Å²) < 4.78 is 7.40. The Morgan fingerprint density at radius 2 is 2.57 bits per heavy atom. The van der Waals surface area contributed by atoms with Gasteiger partial charge in [0.25, 0.3) is 0 Å². The predicted octanol–water partition coefficient (Wildman–Crippen LogP) is -0.329. The summed E-state index contributed by atoms with van der Waals surface area (Å²) in [5.74, 6) is 1.73. The van der Waals surface area contributed by atoms with E-state index in [9.17, 15) is 5.11 Å². The standard InChI is InChI=1S/C9H13N3O2/c13-6-1-2-10-8(6)9-11-5-7-12(9)3-4-14-7/h5-6,8,10,13H,1-4H2. The summed E-state index contributed by atoms with van der Waals surface area (Å²) >= 11 is 0. The Hall–Kier alpha value is -1.07. The number of fused-ring (bicyclic) bond motifs is 1. The SMILES string of the molecule is OC1CCNC1c1ncc2n1CCO2.